The van der Waals surface area contributed by atoms with Gasteiger partial charge in [0.1, 0.15) is 0 Å². The first-order chi connectivity index (χ1) is 9.58. The van der Waals surface area contributed by atoms with Crippen LogP contribution in [0, 0.1) is 16.0 Å². The molecule has 0 aliphatic carbocycles. The molecule has 1 unspecified atom stereocenters. The molecule has 1 atom stereocenters. The van der Waals surface area contributed by atoms with E-state index in [1.54, 1.807) is 35.6 Å². The number of nitro benzene ring substituents is 1. The molecule has 0 bridgehead atoms. The monoisotopic (exact) mass is 290 g/mol. The maximum atomic E-state index is 10.6. The Morgan fingerprint density at radius 2 is 1.95 bits per heavy atom. The fourth-order valence-corrected chi connectivity index (χ4v) is 3.07. The van der Waals surface area contributed by atoms with Crippen molar-refractivity contribution in [3.63, 3.8) is 0 Å². The second-order valence-electron chi connectivity index (χ2n) is 5.04. The molecule has 0 spiro atoms. The van der Waals surface area contributed by atoms with Gasteiger partial charge in [-0.1, -0.05) is 32.0 Å². The molecule has 0 fully saturated rings. The van der Waals surface area contributed by atoms with E-state index in [1.165, 1.54) is 4.88 Å². The lowest BCUT2D eigenvalue weighted by Gasteiger charge is -2.21. The normalized spacial score (nSPS) is 12.6. The van der Waals surface area contributed by atoms with Gasteiger partial charge in [-0.05, 0) is 22.9 Å². The van der Waals surface area contributed by atoms with Crippen molar-refractivity contribution >= 4 is 17.0 Å². The summed E-state index contributed by atoms with van der Waals surface area (Å²) < 4.78 is 0. The Morgan fingerprint density at radius 1 is 1.25 bits per heavy atom. The van der Waals surface area contributed by atoms with E-state index in [1.807, 2.05) is 0 Å². The molecule has 1 heterocycles. The van der Waals surface area contributed by atoms with Crippen LogP contribution in [0.3, 0.4) is 0 Å². The number of hydrogen-bond donors (Lipinski definition) is 1. The zero-order valence-corrected chi connectivity index (χ0v) is 12.4. The molecule has 20 heavy (non-hydrogen) atoms. The molecule has 0 amide bonds. The smallest absolute Gasteiger partial charge is 0.269 e. The van der Waals surface area contributed by atoms with Gasteiger partial charge in [0.2, 0.25) is 0 Å². The summed E-state index contributed by atoms with van der Waals surface area (Å²) >= 11 is 1.75. The van der Waals surface area contributed by atoms with Crippen molar-refractivity contribution in [1.82, 2.24) is 5.32 Å². The maximum Gasteiger partial charge on any atom is 0.269 e. The van der Waals surface area contributed by atoms with Crippen LogP contribution in [0.5, 0.6) is 0 Å². The van der Waals surface area contributed by atoms with Crippen molar-refractivity contribution in [1.29, 1.82) is 0 Å². The number of nitrogens with zero attached hydrogens (tertiary/aromatic N) is 1. The predicted molar refractivity (Wildman–Crippen MR) is 81.8 cm³/mol. The number of nitrogens with one attached hydrogen (secondary N) is 1. The number of rotatable bonds is 6. The fraction of sp³-hybridized carbons (Fsp3) is 0.333. The van der Waals surface area contributed by atoms with E-state index in [4.69, 9.17) is 0 Å². The molecule has 5 heteroatoms. The minimum atomic E-state index is -0.375. The zero-order valence-electron chi connectivity index (χ0n) is 11.6. The van der Waals surface area contributed by atoms with E-state index in [0.717, 1.165) is 5.56 Å². The zero-order chi connectivity index (χ0) is 14.5. The van der Waals surface area contributed by atoms with Crippen LogP contribution in [-0.4, -0.2) is 4.92 Å². The minimum Gasteiger partial charge on any atom is -0.305 e. The second kappa shape index (κ2) is 6.63. The Morgan fingerprint density at radius 3 is 2.45 bits per heavy atom. The van der Waals surface area contributed by atoms with Gasteiger partial charge >= 0.3 is 0 Å². The van der Waals surface area contributed by atoms with Crippen LogP contribution in [0.1, 0.15) is 30.3 Å². The summed E-state index contributed by atoms with van der Waals surface area (Å²) in [6.45, 7) is 5.08. The molecule has 4 nitrogen and oxygen atoms in total. The highest BCUT2D eigenvalue weighted by Crippen LogP contribution is 2.26. The SMILES string of the molecule is CC(C)C(NCc1ccc([N+](=O)[O-])cc1)c1cccs1. The third kappa shape index (κ3) is 3.65. The van der Waals surface area contributed by atoms with Crippen molar-refractivity contribution in [2.45, 2.75) is 26.4 Å². The van der Waals surface area contributed by atoms with E-state index < -0.39 is 0 Å². The summed E-state index contributed by atoms with van der Waals surface area (Å²) in [6.07, 6.45) is 0. The molecule has 0 saturated carbocycles. The highest BCUT2D eigenvalue weighted by molar-refractivity contribution is 7.10. The average molecular weight is 290 g/mol. The maximum absolute atomic E-state index is 10.6. The van der Waals surface area contributed by atoms with Gasteiger partial charge in [-0.2, -0.15) is 0 Å². The Bertz CT molecular complexity index is 550. The van der Waals surface area contributed by atoms with E-state index in [2.05, 4.69) is 36.7 Å². The first-order valence-corrected chi connectivity index (χ1v) is 7.46. The summed E-state index contributed by atoms with van der Waals surface area (Å²) in [5.74, 6) is 0.492. The second-order valence-corrected chi connectivity index (χ2v) is 6.02. The van der Waals surface area contributed by atoms with Crippen LogP contribution in [0.25, 0.3) is 0 Å². The molecule has 2 aromatic rings. The summed E-state index contributed by atoms with van der Waals surface area (Å²) in [5, 5.41) is 16.2. The van der Waals surface area contributed by atoms with Crippen molar-refractivity contribution < 1.29 is 4.92 Å². The standard InChI is InChI=1S/C15H18N2O2S/c1-11(2)15(14-4-3-9-20-14)16-10-12-5-7-13(8-6-12)17(18)19/h3-9,11,15-16H,10H2,1-2H3. The van der Waals surface area contributed by atoms with Gasteiger partial charge in [-0.3, -0.25) is 10.1 Å². The molecular weight excluding hydrogens is 272 g/mol. The fourth-order valence-electron chi connectivity index (χ4n) is 2.10. The van der Waals surface area contributed by atoms with Crippen LogP contribution in [0.4, 0.5) is 5.69 Å². The molecule has 0 aliphatic rings. The minimum absolute atomic E-state index is 0.132. The Labute approximate surface area is 122 Å². The lowest BCUT2D eigenvalue weighted by atomic mass is 10.0. The first-order valence-electron chi connectivity index (χ1n) is 6.58. The van der Waals surface area contributed by atoms with Gasteiger partial charge < -0.3 is 5.32 Å². The van der Waals surface area contributed by atoms with Gasteiger partial charge in [-0.25, -0.2) is 0 Å². The Hall–Kier alpha value is -1.72. The van der Waals surface area contributed by atoms with Crippen LogP contribution in [0.15, 0.2) is 41.8 Å². The van der Waals surface area contributed by atoms with Gasteiger partial charge in [-0.15, -0.1) is 11.3 Å². The lowest BCUT2D eigenvalue weighted by Crippen LogP contribution is -2.24. The summed E-state index contributed by atoms with van der Waals surface area (Å²) in [6, 6.07) is 11.2. The van der Waals surface area contributed by atoms with Gasteiger partial charge in [0.05, 0.1) is 4.92 Å². The van der Waals surface area contributed by atoms with Crippen molar-refractivity contribution in [2.75, 3.05) is 0 Å². The summed E-state index contributed by atoms with van der Waals surface area (Å²) in [7, 11) is 0. The lowest BCUT2D eigenvalue weighted by molar-refractivity contribution is -0.384. The largest absolute Gasteiger partial charge is 0.305 e. The quantitative estimate of drug-likeness (QED) is 0.642. The molecule has 1 aromatic heterocycles. The first kappa shape index (κ1) is 14.7. The molecule has 106 valence electrons. The molecule has 1 aromatic carbocycles. The number of thiophene rings is 1. The van der Waals surface area contributed by atoms with Crippen molar-refractivity contribution in [2.24, 2.45) is 5.92 Å². The summed E-state index contributed by atoms with van der Waals surface area (Å²) in [4.78, 5) is 11.6. The molecule has 0 aliphatic heterocycles. The topological polar surface area (TPSA) is 55.2 Å². The van der Waals surface area contributed by atoms with E-state index in [9.17, 15) is 10.1 Å². The molecule has 0 radical (unpaired) electrons. The van der Waals surface area contributed by atoms with E-state index in [-0.39, 0.29) is 10.6 Å². The number of non-ortho nitro benzene ring substituents is 1. The van der Waals surface area contributed by atoms with Crippen molar-refractivity contribution in [3.05, 3.63) is 62.3 Å². The van der Waals surface area contributed by atoms with Crippen LogP contribution in [-0.2, 0) is 6.54 Å². The van der Waals surface area contributed by atoms with Gasteiger partial charge in [0.15, 0.2) is 0 Å². The van der Waals surface area contributed by atoms with E-state index >= 15 is 0 Å². The highest BCUT2D eigenvalue weighted by atomic mass is 32.1. The Balaban J connectivity index is 2.01. The van der Waals surface area contributed by atoms with Crippen LogP contribution >= 0.6 is 11.3 Å². The van der Waals surface area contributed by atoms with Crippen LogP contribution in [0.2, 0.25) is 0 Å². The number of nitro groups is 1. The third-order valence-corrected chi connectivity index (χ3v) is 4.15. The summed E-state index contributed by atoms with van der Waals surface area (Å²) in [5.41, 5.74) is 1.19. The van der Waals surface area contributed by atoms with Gasteiger partial charge in [0, 0.05) is 29.6 Å². The predicted octanol–water partition coefficient (Wildman–Crippen LogP) is 4.14. The molecular formula is C15H18N2O2S. The van der Waals surface area contributed by atoms with Gasteiger partial charge in [0.25, 0.3) is 5.69 Å². The third-order valence-electron chi connectivity index (χ3n) is 3.19. The molecule has 0 saturated heterocycles. The van der Waals surface area contributed by atoms with Crippen LogP contribution < -0.4 is 5.32 Å². The molecule has 2 rings (SSSR count). The number of benzene rings is 1. The van der Waals surface area contributed by atoms with Crippen molar-refractivity contribution in [3.8, 4) is 0 Å². The highest BCUT2D eigenvalue weighted by Gasteiger charge is 2.16. The molecule has 1 N–H and O–H groups in total. The average Bonchev–Trinajstić information content (AvgIpc) is 2.93. The van der Waals surface area contributed by atoms with E-state index in [0.29, 0.717) is 18.5 Å². The number of hydrogen-bond acceptors (Lipinski definition) is 4. The Kier molecular flexibility index (Phi) is 4.87.